The quantitative estimate of drug-likeness (QED) is 0.834. The largest absolute Gasteiger partial charge is 0.480 e. The van der Waals surface area contributed by atoms with E-state index >= 15 is 0 Å². The highest BCUT2D eigenvalue weighted by Gasteiger charge is 2.31. The summed E-state index contributed by atoms with van der Waals surface area (Å²) in [6, 6.07) is -1.01. The van der Waals surface area contributed by atoms with Crippen LogP contribution < -0.4 is 5.32 Å². The Morgan fingerprint density at radius 3 is 2.25 bits per heavy atom. The SMILES string of the molecule is CCC[C@H](NC(=O)N1CCC(C(C)(C)C)CC1)C(=O)O. The van der Waals surface area contributed by atoms with Gasteiger partial charge in [0.05, 0.1) is 0 Å². The Morgan fingerprint density at radius 1 is 1.30 bits per heavy atom. The van der Waals surface area contributed by atoms with E-state index in [0.29, 0.717) is 25.4 Å². The zero-order valence-electron chi connectivity index (χ0n) is 13.1. The molecule has 1 rings (SSSR count). The Balaban J connectivity index is 2.48. The molecule has 0 aliphatic carbocycles. The molecule has 1 fully saturated rings. The summed E-state index contributed by atoms with van der Waals surface area (Å²) < 4.78 is 0. The number of piperidine rings is 1. The number of hydrogen-bond acceptors (Lipinski definition) is 2. The number of likely N-dealkylation sites (tertiary alicyclic amines) is 1. The van der Waals surface area contributed by atoms with Crippen molar-refractivity contribution in [2.75, 3.05) is 13.1 Å². The Hall–Kier alpha value is -1.26. The number of hydrogen-bond donors (Lipinski definition) is 2. The van der Waals surface area contributed by atoms with E-state index in [9.17, 15) is 9.59 Å². The molecule has 0 saturated carbocycles. The molecule has 0 aromatic carbocycles. The van der Waals surface area contributed by atoms with Crippen molar-refractivity contribution in [1.82, 2.24) is 10.2 Å². The summed E-state index contributed by atoms with van der Waals surface area (Å²) >= 11 is 0. The maximum absolute atomic E-state index is 12.1. The first-order valence-electron chi connectivity index (χ1n) is 7.54. The van der Waals surface area contributed by atoms with Gasteiger partial charge in [-0.1, -0.05) is 34.1 Å². The molecule has 1 aliphatic heterocycles. The maximum Gasteiger partial charge on any atom is 0.326 e. The fourth-order valence-corrected chi connectivity index (χ4v) is 2.73. The van der Waals surface area contributed by atoms with Crippen LogP contribution in [0.25, 0.3) is 0 Å². The van der Waals surface area contributed by atoms with Gasteiger partial charge in [0.15, 0.2) is 0 Å². The third-order valence-electron chi connectivity index (χ3n) is 4.18. The minimum Gasteiger partial charge on any atom is -0.480 e. The summed E-state index contributed by atoms with van der Waals surface area (Å²) in [5.41, 5.74) is 0.272. The smallest absolute Gasteiger partial charge is 0.326 e. The van der Waals surface area contributed by atoms with Crippen molar-refractivity contribution in [1.29, 1.82) is 0 Å². The lowest BCUT2D eigenvalue weighted by atomic mass is 9.75. The van der Waals surface area contributed by atoms with Crippen LogP contribution >= 0.6 is 0 Å². The van der Waals surface area contributed by atoms with Gasteiger partial charge in [0.2, 0.25) is 0 Å². The van der Waals surface area contributed by atoms with Gasteiger partial charge in [-0.3, -0.25) is 0 Å². The summed E-state index contributed by atoms with van der Waals surface area (Å²) in [4.78, 5) is 24.9. The van der Waals surface area contributed by atoms with E-state index in [1.54, 1.807) is 4.90 Å². The second-order valence-electron chi connectivity index (χ2n) is 6.76. The molecule has 0 spiro atoms. The zero-order chi connectivity index (χ0) is 15.3. The van der Waals surface area contributed by atoms with Crippen molar-refractivity contribution < 1.29 is 14.7 Å². The number of carboxylic acids is 1. The van der Waals surface area contributed by atoms with Gasteiger partial charge in [-0.05, 0) is 30.6 Å². The van der Waals surface area contributed by atoms with Gasteiger partial charge in [0, 0.05) is 13.1 Å². The number of amides is 2. The highest BCUT2D eigenvalue weighted by atomic mass is 16.4. The molecule has 0 aromatic heterocycles. The van der Waals surface area contributed by atoms with Crippen LogP contribution in [0.4, 0.5) is 4.79 Å². The summed E-state index contributed by atoms with van der Waals surface area (Å²) in [7, 11) is 0. The van der Waals surface area contributed by atoms with Crippen molar-refractivity contribution in [3.8, 4) is 0 Å². The lowest BCUT2D eigenvalue weighted by molar-refractivity contribution is -0.139. The molecule has 1 saturated heterocycles. The van der Waals surface area contributed by atoms with Gasteiger partial charge in [0.1, 0.15) is 6.04 Å². The molecule has 5 heteroatoms. The first kappa shape index (κ1) is 16.8. The lowest BCUT2D eigenvalue weighted by Crippen LogP contribution is -2.50. The first-order valence-corrected chi connectivity index (χ1v) is 7.54. The van der Waals surface area contributed by atoms with Gasteiger partial charge in [-0.15, -0.1) is 0 Å². The molecule has 116 valence electrons. The minimum atomic E-state index is -0.954. The Bertz CT molecular complexity index is 342. The van der Waals surface area contributed by atoms with Crippen molar-refractivity contribution in [2.45, 2.75) is 59.4 Å². The molecular weight excluding hydrogens is 256 g/mol. The molecule has 1 heterocycles. The van der Waals surface area contributed by atoms with Crippen LogP contribution in [-0.2, 0) is 4.79 Å². The Kier molecular flexibility index (Phi) is 5.84. The fourth-order valence-electron chi connectivity index (χ4n) is 2.73. The number of carbonyl (C=O) groups excluding carboxylic acids is 1. The van der Waals surface area contributed by atoms with Crippen molar-refractivity contribution in [2.24, 2.45) is 11.3 Å². The molecule has 2 N–H and O–H groups in total. The molecule has 0 radical (unpaired) electrons. The van der Waals surface area contributed by atoms with Crippen LogP contribution in [0.3, 0.4) is 0 Å². The standard InChI is InChI=1S/C15H28N2O3/c1-5-6-12(13(18)19)16-14(20)17-9-7-11(8-10-17)15(2,3)4/h11-12H,5-10H2,1-4H3,(H,16,20)(H,18,19)/t12-/m0/s1. The molecular formula is C15H28N2O3. The number of carbonyl (C=O) groups is 2. The van der Waals surface area contributed by atoms with Crippen LogP contribution in [0.2, 0.25) is 0 Å². The van der Waals surface area contributed by atoms with Crippen LogP contribution in [0, 0.1) is 11.3 Å². The van der Waals surface area contributed by atoms with E-state index in [0.717, 1.165) is 19.3 Å². The van der Waals surface area contributed by atoms with Gasteiger partial charge in [0.25, 0.3) is 0 Å². The third kappa shape index (κ3) is 4.69. The Morgan fingerprint density at radius 2 is 1.85 bits per heavy atom. The number of nitrogens with zero attached hydrogens (tertiary/aromatic N) is 1. The molecule has 0 aromatic rings. The third-order valence-corrected chi connectivity index (χ3v) is 4.18. The van der Waals surface area contributed by atoms with E-state index in [1.165, 1.54) is 0 Å². The molecule has 0 unspecified atom stereocenters. The van der Waals surface area contributed by atoms with Crippen LogP contribution in [0.1, 0.15) is 53.4 Å². The second kappa shape index (κ2) is 6.95. The van der Waals surface area contributed by atoms with Crippen molar-refractivity contribution in [3.63, 3.8) is 0 Å². The minimum absolute atomic E-state index is 0.238. The van der Waals surface area contributed by atoms with E-state index in [-0.39, 0.29) is 11.4 Å². The van der Waals surface area contributed by atoms with Gasteiger partial charge in [-0.2, -0.15) is 0 Å². The normalized spacial score (nSPS) is 18.7. The highest BCUT2D eigenvalue weighted by molar-refractivity contribution is 5.82. The average Bonchev–Trinajstić information content (AvgIpc) is 2.37. The van der Waals surface area contributed by atoms with E-state index in [1.807, 2.05) is 6.92 Å². The topological polar surface area (TPSA) is 69.6 Å². The summed E-state index contributed by atoms with van der Waals surface area (Å²) in [5.74, 6) is -0.331. The second-order valence-corrected chi connectivity index (χ2v) is 6.76. The van der Waals surface area contributed by atoms with Crippen LogP contribution in [-0.4, -0.2) is 41.1 Å². The lowest BCUT2D eigenvalue weighted by Gasteiger charge is -2.39. The van der Waals surface area contributed by atoms with Gasteiger partial charge >= 0.3 is 12.0 Å². The molecule has 1 aliphatic rings. The molecule has 5 nitrogen and oxygen atoms in total. The van der Waals surface area contributed by atoms with Crippen molar-refractivity contribution in [3.05, 3.63) is 0 Å². The average molecular weight is 284 g/mol. The van der Waals surface area contributed by atoms with Crippen LogP contribution in [0.15, 0.2) is 0 Å². The van der Waals surface area contributed by atoms with E-state index in [2.05, 4.69) is 26.1 Å². The predicted octanol–water partition coefficient (Wildman–Crippen LogP) is 2.71. The van der Waals surface area contributed by atoms with Crippen LogP contribution in [0.5, 0.6) is 0 Å². The first-order chi connectivity index (χ1) is 9.25. The Labute approximate surface area is 121 Å². The number of nitrogens with one attached hydrogen (secondary N) is 1. The highest BCUT2D eigenvalue weighted by Crippen LogP contribution is 2.34. The number of carboxylic acid groups (broad SMARTS) is 1. The van der Waals surface area contributed by atoms with Crippen molar-refractivity contribution >= 4 is 12.0 Å². The fraction of sp³-hybridized carbons (Fsp3) is 0.867. The van der Waals surface area contributed by atoms with Gasteiger partial charge < -0.3 is 15.3 Å². The zero-order valence-corrected chi connectivity index (χ0v) is 13.1. The molecule has 20 heavy (non-hydrogen) atoms. The summed E-state index contributed by atoms with van der Waals surface area (Å²) in [6.07, 6.45) is 3.19. The van der Waals surface area contributed by atoms with Gasteiger partial charge in [-0.25, -0.2) is 9.59 Å². The summed E-state index contributed by atoms with van der Waals surface area (Å²) in [6.45, 7) is 10.0. The molecule has 0 bridgehead atoms. The maximum atomic E-state index is 12.1. The number of rotatable bonds is 4. The van der Waals surface area contributed by atoms with E-state index < -0.39 is 12.0 Å². The molecule has 2 amide bonds. The number of urea groups is 1. The van der Waals surface area contributed by atoms with E-state index in [4.69, 9.17) is 5.11 Å². The predicted molar refractivity (Wildman–Crippen MR) is 78.6 cm³/mol. The monoisotopic (exact) mass is 284 g/mol. The summed E-state index contributed by atoms with van der Waals surface area (Å²) in [5, 5.41) is 11.7. The molecule has 1 atom stereocenters. The number of aliphatic carboxylic acids is 1.